The molecule has 0 fully saturated rings. The predicted molar refractivity (Wildman–Crippen MR) is 183 cm³/mol. The fourth-order valence-corrected chi connectivity index (χ4v) is 5.43. The summed E-state index contributed by atoms with van der Waals surface area (Å²) in [6, 6.07) is -8.32. The van der Waals surface area contributed by atoms with Crippen LogP contribution in [0.1, 0.15) is 28.8 Å². The Hall–Kier alpha value is -5.66. The molecule has 0 atom stereocenters. The van der Waals surface area contributed by atoms with Crippen molar-refractivity contribution in [3.63, 3.8) is 0 Å². The van der Waals surface area contributed by atoms with Gasteiger partial charge in [-0.2, -0.15) is 0 Å². The molecule has 1 heteroatoms. The number of fused-ring (bicyclic) bond motifs is 6. The van der Waals surface area contributed by atoms with Crippen LogP contribution in [0.2, 0.25) is 0 Å². The SMILES string of the molecule is [2H]c1c(-c2c3c([2H])c([2H])c([2H])c([2H])c3c(-c3c([2H])c([2H])c4c([2H])c([2H])c([2H])c([2H])c4c3[2H])c3c([2H])c([2H])c([2H])c([2H])c23)c([2H])c2c(oc3c([2H])c([2H])c([2H])c(-c4ccccc4)c32)c1[2H]. The molecule has 200 valence electrons. The second kappa shape index (κ2) is 9.44. The zero-order chi connectivity index (χ0) is 46.6. The molecule has 9 aromatic rings. The molecule has 0 spiro atoms. The van der Waals surface area contributed by atoms with E-state index in [2.05, 4.69) is 0 Å². The van der Waals surface area contributed by atoms with E-state index in [-0.39, 0.29) is 21.9 Å². The number of furan rings is 1. The summed E-state index contributed by atoms with van der Waals surface area (Å²) in [7, 11) is 0. The molecule has 0 bridgehead atoms. The van der Waals surface area contributed by atoms with Crippen molar-refractivity contribution in [3.8, 4) is 33.4 Å². The van der Waals surface area contributed by atoms with Gasteiger partial charge in [-0.3, -0.25) is 0 Å². The van der Waals surface area contributed by atoms with Gasteiger partial charge in [-0.25, -0.2) is 0 Å². The molecule has 1 nitrogen and oxygen atoms in total. The molecule has 0 radical (unpaired) electrons. The summed E-state index contributed by atoms with van der Waals surface area (Å²) in [4.78, 5) is 0. The van der Waals surface area contributed by atoms with Crippen molar-refractivity contribution in [1.29, 1.82) is 0 Å². The molecule has 0 N–H and O–H groups in total. The Balaban J connectivity index is 1.62. The maximum atomic E-state index is 9.87. The standard InChI is InChI=1S/C42H26O/c1-2-12-28(13-3-1)32-19-10-20-39-42(32)37-26-31(23-24-38(37)43-39)41-35-17-8-6-15-33(35)40(34-16-7-9-18-36(34)41)30-22-21-27-11-4-5-14-29(27)25-30/h1-26H/i4D,5D,6D,7D,8D,9D,10D,11D,14D,15D,16D,17D,18D,19D,20D,21D,22D,23D,24D,25D,26D. The van der Waals surface area contributed by atoms with Gasteiger partial charge in [-0.15, -0.1) is 0 Å². The lowest BCUT2D eigenvalue weighted by molar-refractivity contribution is 0.669. The van der Waals surface area contributed by atoms with Crippen molar-refractivity contribution in [1.82, 2.24) is 0 Å². The van der Waals surface area contributed by atoms with E-state index in [9.17, 15) is 12.3 Å². The Kier molecular flexibility index (Phi) is 2.46. The molecule has 0 aliphatic heterocycles. The Bertz CT molecular complexity index is 3590. The number of hydrogen-bond donors (Lipinski definition) is 0. The molecule has 1 aromatic heterocycles. The van der Waals surface area contributed by atoms with Crippen LogP contribution in [0.25, 0.3) is 87.6 Å². The first-order valence-electron chi connectivity index (χ1n) is 23.6. The highest BCUT2D eigenvalue weighted by Gasteiger charge is 2.19. The average Bonchev–Trinajstić information content (AvgIpc) is 3.68. The molecule has 43 heavy (non-hydrogen) atoms. The van der Waals surface area contributed by atoms with E-state index in [0.717, 1.165) is 0 Å². The maximum Gasteiger partial charge on any atom is 0.136 e. The van der Waals surface area contributed by atoms with Gasteiger partial charge in [0.1, 0.15) is 11.2 Å². The van der Waals surface area contributed by atoms with Crippen LogP contribution in [0, 0.1) is 0 Å². The monoisotopic (exact) mass is 567 g/mol. The van der Waals surface area contributed by atoms with Crippen LogP contribution in [-0.2, 0) is 0 Å². The second-order valence-corrected chi connectivity index (χ2v) is 9.63. The van der Waals surface area contributed by atoms with Crippen LogP contribution in [0.15, 0.2) is 162 Å². The molecule has 0 unspecified atom stereocenters. The number of rotatable bonds is 3. The van der Waals surface area contributed by atoms with Crippen molar-refractivity contribution >= 4 is 54.3 Å². The van der Waals surface area contributed by atoms with Gasteiger partial charge in [0.2, 0.25) is 0 Å². The van der Waals surface area contributed by atoms with E-state index in [1.165, 1.54) is 0 Å². The third-order valence-electron chi connectivity index (χ3n) is 7.26. The summed E-state index contributed by atoms with van der Waals surface area (Å²) in [5, 5.41) is -3.80. The van der Waals surface area contributed by atoms with Crippen LogP contribution in [0.3, 0.4) is 0 Å². The molecule has 8 aromatic carbocycles. The van der Waals surface area contributed by atoms with Crippen LogP contribution in [0.5, 0.6) is 0 Å². The first-order valence-corrected chi connectivity index (χ1v) is 13.1. The molecule has 0 aliphatic rings. The Morgan fingerprint density at radius 3 is 1.72 bits per heavy atom. The highest BCUT2D eigenvalue weighted by molar-refractivity contribution is 6.23. The van der Waals surface area contributed by atoms with Crippen molar-refractivity contribution in [2.24, 2.45) is 0 Å². The zero-order valence-electron chi connectivity index (χ0n) is 42.8. The van der Waals surface area contributed by atoms with E-state index in [4.69, 9.17) is 20.9 Å². The Morgan fingerprint density at radius 2 is 1.02 bits per heavy atom. The van der Waals surface area contributed by atoms with Crippen molar-refractivity contribution < 1.29 is 33.2 Å². The minimum absolute atomic E-state index is 0.0206. The lowest BCUT2D eigenvalue weighted by atomic mass is 9.85. The lowest BCUT2D eigenvalue weighted by Gasteiger charge is -2.18. The highest BCUT2D eigenvalue weighted by atomic mass is 16.3. The van der Waals surface area contributed by atoms with Gasteiger partial charge < -0.3 is 4.42 Å². The summed E-state index contributed by atoms with van der Waals surface area (Å²) in [5.41, 5.74) is -2.80. The van der Waals surface area contributed by atoms with Crippen molar-refractivity contribution in [3.05, 3.63) is 157 Å². The quantitative estimate of drug-likeness (QED) is 0.194. The fraction of sp³-hybridized carbons (Fsp3) is 0. The van der Waals surface area contributed by atoms with Gasteiger partial charge in [0.15, 0.2) is 0 Å². The molecule has 0 saturated heterocycles. The number of benzene rings is 8. The highest BCUT2D eigenvalue weighted by Crippen LogP contribution is 2.45. The Morgan fingerprint density at radius 1 is 0.419 bits per heavy atom. The first kappa shape index (κ1) is 11.2. The second-order valence-electron chi connectivity index (χ2n) is 9.63. The fourth-order valence-electron chi connectivity index (χ4n) is 5.43. The number of hydrogen-bond acceptors (Lipinski definition) is 1. The minimum atomic E-state index is -0.893. The smallest absolute Gasteiger partial charge is 0.136 e. The topological polar surface area (TPSA) is 13.1 Å². The summed E-state index contributed by atoms with van der Waals surface area (Å²) >= 11 is 0. The van der Waals surface area contributed by atoms with Gasteiger partial charge in [-0.1, -0.05) is 133 Å². The molecule has 9 rings (SSSR count). The van der Waals surface area contributed by atoms with E-state index < -0.39 is 187 Å². The molecular weight excluding hydrogens is 520 g/mol. The third-order valence-corrected chi connectivity index (χ3v) is 7.26. The third kappa shape index (κ3) is 3.72. The lowest BCUT2D eigenvalue weighted by Crippen LogP contribution is -1.91. The predicted octanol–water partition coefficient (Wildman–Crippen LogP) is 12.0. The summed E-state index contributed by atoms with van der Waals surface area (Å²) in [6.45, 7) is 0. The van der Waals surface area contributed by atoms with E-state index >= 15 is 0 Å². The van der Waals surface area contributed by atoms with Gasteiger partial charge >= 0.3 is 0 Å². The van der Waals surface area contributed by atoms with Gasteiger partial charge in [0, 0.05) is 10.8 Å². The van der Waals surface area contributed by atoms with Crippen molar-refractivity contribution in [2.75, 3.05) is 0 Å². The maximum absolute atomic E-state index is 9.87. The van der Waals surface area contributed by atoms with Crippen molar-refractivity contribution in [2.45, 2.75) is 0 Å². The molecule has 0 aliphatic carbocycles. The zero-order valence-corrected chi connectivity index (χ0v) is 21.8. The van der Waals surface area contributed by atoms with Gasteiger partial charge in [0.25, 0.3) is 0 Å². The average molecular weight is 568 g/mol. The molecule has 0 saturated carbocycles. The Labute approximate surface area is 278 Å². The molecular formula is C42H26O. The largest absolute Gasteiger partial charge is 0.456 e. The van der Waals surface area contributed by atoms with E-state index in [1.54, 1.807) is 30.3 Å². The van der Waals surface area contributed by atoms with E-state index in [1.807, 2.05) is 0 Å². The van der Waals surface area contributed by atoms with E-state index in [0.29, 0.717) is 5.56 Å². The normalized spacial score (nSPS) is 18.6. The molecule has 0 amide bonds. The summed E-state index contributed by atoms with van der Waals surface area (Å²) in [5.74, 6) is 0. The van der Waals surface area contributed by atoms with Crippen LogP contribution in [0.4, 0.5) is 0 Å². The summed E-state index contributed by atoms with van der Waals surface area (Å²) in [6.07, 6.45) is 0. The molecule has 1 heterocycles. The van der Waals surface area contributed by atoms with Gasteiger partial charge in [-0.05, 0) is 89.9 Å². The minimum Gasteiger partial charge on any atom is -0.456 e. The summed E-state index contributed by atoms with van der Waals surface area (Å²) < 4.78 is 195. The van der Waals surface area contributed by atoms with Crippen LogP contribution in [-0.4, -0.2) is 0 Å². The first-order chi connectivity index (χ1) is 30.1. The van der Waals surface area contributed by atoms with Crippen LogP contribution < -0.4 is 0 Å². The van der Waals surface area contributed by atoms with Gasteiger partial charge in [0.05, 0.1) is 28.8 Å². The van der Waals surface area contributed by atoms with Crippen LogP contribution >= 0.6 is 0 Å².